The first-order chi connectivity index (χ1) is 7.90. The molecule has 1 aliphatic carbocycles. The third kappa shape index (κ3) is 2.70. The van der Waals surface area contributed by atoms with E-state index in [-0.39, 0.29) is 21.5 Å². The highest BCUT2D eigenvalue weighted by Gasteiger charge is 2.36. The summed E-state index contributed by atoms with van der Waals surface area (Å²) in [5.74, 6) is -1.11. The molecule has 0 radical (unpaired) electrons. The number of hydrogen-bond donors (Lipinski definition) is 2. The van der Waals surface area contributed by atoms with Gasteiger partial charge in [0.15, 0.2) is 0 Å². The summed E-state index contributed by atoms with van der Waals surface area (Å²) < 4.78 is 25.7. The Bertz CT molecular complexity index is 566. The van der Waals surface area contributed by atoms with Crippen molar-refractivity contribution in [1.29, 1.82) is 0 Å². The molecule has 0 atom stereocenters. The number of rotatable bonds is 4. The Labute approximate surface area is 103 Å². The first-order valence-electron chi connectivity index (χ1n) is 4.94. The summed E-state index contributed by atoms with van der Waals surface area (Å²) in [5.41, 5.74) is 0.230. The fourth-order valence-corrected chi connectivity index (χ4v) is 3.04. The van der Waals surface area contributed by atoms with Crippen LogP contribution in [0.2, 0.25) is 5.02 Å². The van der Waals surface area contributed by atoms with Gasteiger partial charge in [-0.25, -0.2) is 13.2 Å². The lowest BCUT2D eigenvalue weighted by atomic mass is 10.2. The van der Waals surface area contributed by atoms with Gasteiger partial charge >= 0.3 is 5.97 Å². The standard InChI is InChI=1S/C10H10ClNO4S/c11-8-5-6(10(13)14)1-4-9(8)12-17(15,16)7-2-3-7/h1,4-5,7,12H,2-3H2,(H,13,14). The van der Waals surface area contributed by atoms with E-state index in [1.807, 2.05) is 0 Å². The van der Waals surface area contributed by atoms with Gasteiger partial charge < -0.3 is 5.11 Å². The molecule has 7 heteroatoms. The van der Waals surface area contributed by atoms with Crippen molar-refractivity contribution in [1.82, 2.24) is 0 Å². The van der Waals surface area contributed by atoms with Crippen molar-refractivity contribution in [3.63, 3.8) is 0 Å². The number of sulfonamides is 1. The van der Waals surface area contributed by atoms with Crippen LogP contribution in [0.15, 0.2) is 18.2 Å². The number of carboxylic acid groups (broad SMARTS) is 1. The van der Waals surface area contributed by atoms with Gasteiger partial charge in [-0.3, -0.25) is 4.72 Å². The molecular formula is C10H10ClNO4S. The summed E-state index contributed by atoms with van der Waals surface area (Å²) in [6.45, 7) is 0. The molecule has 0 saturated heterocycles. The first kappa shape index (κ1) is 12.2. The molecule has 1 aromatic rings. The number of nitrogens with one attached hydrogen (secondary N) is 1. The number of carbonyl (C=O) groups is 1. The summed E-state index contributed by atoms with van der Waals surface area (Å²) in [4.78, 5) is 10.7. The average Bonchev–Trinajstić information content (AvgIpc) is 3.04. The third-order valence-corrected chi connectivity index (χ3v) is 4.60. The summed E-state index contributed by atoms with van der Waals surface area (Å²) in [6, 6.07) is 3.87. The summed E-state index contributed by atoms with van der Waals surface area (Å²) in [5, 5.41) is 8.46. The lowest BCUT2D eigenvalue weighted by molar-refractivity contribution is 0.0697. The number of halogens is 1. The van der Waals surface area contributed by atoms with Gasteiger partial charge in [-0.1, -0.05) is 11.6 Å². The van der Waals surface area contributed by atoms with Crippen molar-refractivity contribution < 1.29 is 18.3 Å². The minimum atomic E-state index is -3.38. The second kappa shape index (κ2) is 4.19. The van der Waals surface area contributed by atoms with Crippen LogP contribution >= 0.6 is 11.6 Å². The maximum Gasteiger partial charge on any atom is 0.335 e. The highest BCUT2D eigenvalue weighted by atomic mass is 35.5. The molecule has 92 valence electrons. The van der Waals surface area contributed by atoms with Gasteiger partial charge in [0.1, 0.15) is 0 Å². The fraction of sp³-hybridized carbons (Fsp3) is 0.300. The molecule has 0 aromatic heterocycles. The molecule has 2 N–H and O–H groups in total. The molecule has 2 rings (SSSR count). The third-order valence-electron chi connectivity index (χ3n) is 2.43. The van der Waals surface area contributed by atoms with Crippen molar-refractivity contribution in [3.8, 4) is 0 Å². The Hall–Kier alpha value is -1.27. The van der Waals surface area contributed by atoms with Crippen LogP contribution < -0.4 is 4.72 Å². The van der Waals surface area contributed by atoms with Crippen molar-refractivity contribution in [2.45, 2.75) is 18.1 Å². The van der Waals surface area contributed by atoms with E-state index in [0.717, 1.165) is 0 Å². The van der Waals surface area contributed by atoms with E-state index in [9.17, 15) is 13.2 Å². The highest BCUT2D eigenvalue weighted by molar-refractivity contribution is 7.93. The largest absolute Gasteiger partial charge is 0.478 e. The van der Waals surface area contributed by atoms with E-state index < -0.39 is 16.0 Å². The van der Waals surface area contributed by atoms with Crippen LogP contribution in [-0.4, -0.2) is 24.7 Å². The van der Waals surface area contributed by atoms with Crippen LogP contribution in [0.4, 0.5) is 5.69 Å². The number of hydrogen-bond acceptors (Lipinski definition) is 3. The van der Waals surface area contributed by atoms with E-state index in [0.29, 0.717) is 12.8 Å². The van der Waals surface area contributed by atoms with Gasteiger partial charge in [-0.05, 0) is 31.0 Å². The SMILES string of the molecule is O=C(O)c1ccc(NS(=O)(=O)C2CC2)c(Cl)c1. The van der Waals surface area contributed by atoms with E-state index >= 15 is 0 Å². The molecule has 0 heterocycles. The molecule has 17 heavy (non-hydrogen) atoms. The molecule has 1 aromatic carbocycles. The van der Waals surface area contributed by atoms with Crippen LogP contribution in [0.3, 0.4) is 0 Å². The second-order valence-electron chi connectivity index (χ2n) is 3.85. The molecule has 1 fully saturated rings. The van der Waals surface area contributed by atoms with E-state index in [4.69, 9.17) is 16.7 Å². The second-order valence-corrected chi connectivity index (χ2v) is 6.21. The maximum absolute atomic E-state index is 11.6. The number of aromatic carboxylic acids is 1. The predicted octanol–water partition coefficient (Wildman–Crippen LogP) is 1.94. The maximum atomic E-state index is 11.6. The van der Waals surface area contributed by atoms with Gasteiger partial charge in [0.25, 0.3) is 0 Å². The quantitative estimate of drug-likeness (QED) is 0.880. The minimum Gasteiger partial charge on any atom is -0.478 e. The molecule has 5 nitrogen and oxygen atoms in total. The minimum absolute atomic E-state index is 0.0179. The van der Waals surface area contributed by atoms with E-state index in [2.05, 4.69) is 4.72 Å². The highest BCUT2D eigenvalue weighted by Crippen LogP contribution is 2.32. The van der Waals surface area contributed by atoms with Gasteiger partial charge in [-0.15, -0.1) is 0 Å². The molecule has 0 amide bonds. The Kier molecular flexibility index (Phi) is 3.01. The van der Waals surface area contributed by atoms with Crippen LogP contribution in [0, 0.1) is 0 Å². The lowest BCUT2D eigenvalue weighted by Crippen LogP contribution is -2.17. The van der Waals surface area contributed by atoms with Crippen molar-refractivity contribution in [2.24, 2.45) is 0 Å². The Morgan fingerprint density at radius 1 is 1.41 bits per heavy atom. The topological polar surface area (TPSA) is 83.5 Å². The molecule has 0 bridgehead atoms. The number of anilines is 1. The van der Waals surface area contributed by atoms with Crippen molar-refractivity contribution >= 4 is 33.3 Å². The molecular weight excluding hydrogens is 266 g/mol. The van der Waals surface area contributed by atoms with Crippen molar-refractivity contribution in [3.05, 3.63) is 28.8 Å². The fourth-order valence-electron chi connectivity index (χ4n) is 1.35. The summed E-state index contributed by atoms with van der Waals surface area (Å²) >= 11 is 5.81. The summed E-state index contributed by atoms with van der Waals surface area (Å²) in [6.07, 6.45) is 1.31. The molecule has 0 unspecified atom stereocenters. The Morgan fingerprint density at radius 2 is 2.06 bits per heavy atom. The number of benzene rings is 1. The Balaban J connectivity index is 2.25. The lowest BCUT2D eigenvalue weighted by Gasteiger charge is -2.09. The van der Waals surface area contributed by atoms with E-state index in [1.54, 1.807) is 0 Å². The normalized spacial score (nSPS) is 15.6. The number of carboxylic acids is 1. The molecule has 0 aliphatic heterocycles. The van der Waals surface area contributed by atoms with Gasteiger partial charge in [-0.2, -0.15) is 0 Å². The predicted molar refractivity (Wildman–Crippen MR) is 64.0 cm³/mol. The smallest absolute Gasteiger partial charge is 0.335 e. The van der Waals surface area contributed by atoms with E-state index in [1.165, 1.54) is 18.2 Å². The van der Waals surface area contributed by atoms with Crippen molar-refractivity contribution in [2.75, 3.05) is 4.72 Å². The Morgan fingerprint density at radius 3 is 2.53 bits per heavy atom. The van der Waals surface area contributed by atoms with Crippen LogP contribution in [0.25, 0.3) is 0 Å². The zero-order valence-electron chi connectivity index (χ0n) is 8.68. The summed E-state index contributed by atoms with van der Waals surface area (Å²) in [7, 11) is -3.38. The zero-order chi connectivity index (χ0) is 12.6. The monoisotopic (exact) mass is 275 g/mol. The van der Waals surface area contributed by atoms with Crippen LogP contribution in [-0.2, 0) is 10.0 Å². The van der Waals surface area contributed by atoms with Gasteiger partial charge in [0.05, 0.1) is 21.5 Å². The molecule has 1 saturated carbocycles. The van der Waals surface area contributed by atoms with Gasteiger partial charge in [0, 0.05) is 0 Å². The first-order valence-corrected chi connectivity index (χ1v) is 6.87. The van der Waals surface area contributed by atoms with Crippen LogP contribution in [0.5, 0.6) is 0 Å². The molecule has 0 spiro atoms. The average molecular weight is 276 g/mol. The zero-order valence-corrected chi connectivity index (χ0v) is 10.3. The molecule has 1 aliphatic rings. The van der Waals surface area contributed by atoms with Crippen LogP contribution in [0.1, 0.15) is 23.2 Å². The van der Waals surface area contributed by atoms with Gasteiger partial charge in [0.2, 0.25) is 10.0 Å².